The normalized spacial score (nSPS) is 17.8. The molecule has 1 atom stereocenters. The van der Waals surface area contributed by atoms with E-state index in [9.17, 15) is 19.1 Å². The third kappa shape index (κ3) is 3.50. The minimum Gasteiger partial charge on any atom is -0.480 e. The molecule has 0 spiro atoms. The summed E-state index contributed by atoms with van der Waals surface area (Å²) in [6, 6.07) is 3.57. The van der Waals surface area contributed by atoms with Gasteiger partial charge in [0, 0.05) is 0 Å². The van der Waals surface area contributed by atoms with Gasteiger partial charge in [0.1, 0.15) is 17.1 Å². The van der Waals surface area contributed by atoms with E-state index in [-0.39, 0.29) is 10.8 Å². The van der Waals surface area contributed by atoms with Crippen molar-refractivity contribution in [1.82, 2.24) is 5.32 Å². The average molecular weight is 330 g/mol. The number of amides is 1. The largest absolute Gasteiger partial charge is 0.480 e. The molecule has 0 heterocycles. The Morgan fingerprint density at radius 3 is 2.59 bits per heavy atom. The topological polar surface area (TPSA) is 75.6 Å². The van der Waals surface area contributed by atoms with Gasteiger partial charge < -0.3 is 15.2 Å². The van der Waals surface area contributed by atoms with Crippen LogP contribution in [0.1, 0.15) is 32.6 Å². The molecule has 7 heteroatoms. The summed E-state index contributed by atoms with van der Waals surface area (Å²) in [7, 11) is 0. The first-order valence-electron chi connectivity index (χ1n) is 7.01. The fourth-order valence-corrected chi connectivity index (χ4v) is 2.73. The highest BCUT2D eigenvalue weighted by Gasteiger charge is 2.43. The van der Waals surface area contributed by atoms with Crippen LogP contribution < -0.4 is 10.1 Å². The van der Waals surface area contributed by atoms with Gasteiger partial charge in [-0.1, -0.05) is 24.4 Å². The predicted octanol–water partition coefficient (Wildman–Crippen LogP) is 2.76. The smallest absolute Gasteiger partial charge is 0.329 e. The molecule has 1 aliphatic rings. The number of hydrogen-bond acceptors (Lipinski definition) is 3. The van der Waals surface area contributed by atoms with Crippen LogP contribution in [0.2, 0.25) is 5.02 Å². The molecule has 1 amide bonds. The molecule has 1 unspecified atom stereocenters. The predicted molar refractivity (Wildman–Crippen MR) is 78.5 cm³/mol. The zero-order chi connectivity index (χ0) is 16.3. The Morgan fingerprint density at radius 1 is 1.41 bits per heavy atom. The van der Waals surface area contributed by atoms with Crippen LogP contribution in [0, 0.1) is 5.82 Å². The standard InChI is InChI=1S/C15H17ClFNO4/c1-9(22-12-5-4-10(17)8-11(12)16)13(19)18-15(14(20)21)6-2-3-7-15/h4-5,8-9H,2-3,6-7H2,1H3,(H,18,19)(H,20,21). The summed E-state index contributed by atoms with van der Waals surface area (Å²) in [6.45, 7) is 1.49. The van der Waals surface area contributed by atoms with Crippen LogP contribution in [-0.2, 0) is 9.59 Å². The van der Waals surface area contributed by atoms with E-state index in [0.29, 0.717) is 12.8 Å². The van der Waals surface area contributed by atoms with Crippen LogP contribution in [0.4, 0.5) is 4.39 Å². The van der Waals surface area contributed by atoms with E-state index >= 15 is 0 Å². The van der Waals surface area contributed by atoms with Crippen LogP contribution in [0.25, 0.3) is 0 Å². The number of aliphatic carboxylic acids is 1. The molecule has 0 saturated heterocycles. The maximum Gasteiger partial charge on any atom is 0.329 e. The molecule has 0 aliphatic heterocycles. The molecule has 1 aromatic rings. The molecule has 1 fully saturated rings. The summed E-state index contributed by atoms with van der Waals surface area (Å²) in [5.41, 5.74) is -1.22. The van der Waals surface area contributed by atoms with Gasteiger partial charge in [0.25, 0.3) is 5.91 Å². The van der Waals surface area contributed by atoms with Gasteiger partial charge in [-0.2, -0.15) is 0 Å². The zero-order valence-electron chi connectivity index (χ0n) is 12.1. The second kappa shape index (κ2) is 6.52. The maximum absolute atomic E-state index is 13.0. The molecule has 1 saturated carbocycles. The molecule has 0 aromatic heterocycles. The molecular formula is C15H17ClFNO4. The van der Waals surface area contributed by atoms with Gasteiger partial charge in [-0.25, -0.2) is 9.18 Å². The van der Waals surface area contributed by atoms with E-state index in [2.05, 4.69) is 5.32 Å². The van der Waals surface area contributed by atoms with Crippen molar-refractivity contribution in [3.63, 3.8) is 0 Å². The van der Waals surface area contributed by atoms with Gasteiger partial charge in [0.2, 0.25) is 0 Å². The van der Waals surface area contributed by atoms with Gasteiger partial charge in [-0.15, -0.1) is 0 Å². The zero-order valence-corrected chi connectivity index (χ0v) is 12.8. The lowest BCUT2D eigenvalue weighted by Gasteiger charge is -2.27. The van der Waals surface area contributed by atoms with Crippen LogP contribution >= 0.6 is 11.6 Å². The molecule has 1 aliphatic carbocycles. The van der Waals surface area contributed by atoms with Crippen molar-refractivity contribution in [2.45, 2.75) is 44.2 Å². The van der Waals surface area contributed by atoms with Crippen molar-refractivity contribution in [2.24, 2.45) is 0 Å². The number of carbonyl (C=O) groups is 2. The third-order valence-corrected chi connectivity index (χ3v) is 4.09. The second-order valence-corrected chi connectivity index (χ2v) is 5.83. The van der Waals surface area contributed by atoms with Crippen molar-refractivity contribution in [1.29, 1.82) is 0 Å². The monoisotopic (exact) mass is 329 g/mol. The molecule has 22 heavy (non-hydrogen) atoms. The van der Waals surface area contributed by atoms with E-state index in [1.54, 1.807) is 0 Å². The summed E-state index contributed by atoms with van der Waals surface area (Å²) < 4.78 is 18.4. The highest BCUT2D eigenvalue weighted by molar-refractivity contribution is 6.32. The molecular weight excluding hydrogens is 313 g/mol. The fraction of sp³-hybridized carbons (Fsp3) is 0.467. The van der Waals surface area contributed by atoms with Gasteiger partial charge >= 0.3 is 5.97 Å². The van der Waals surface area contributed by atoms with Crippen molar-refractivity contribution in [2.75, 3.05) is 0 Å². The molecule has 120 valence electrons. The molecule has 5 nitrogen and oxygen atoms in total. The number of ether oxygens (including phenoxy) is 1. The number of carbonyl (C=O) groups excluding carboxylic acids is 1. The molecule has 1 aromatic carbocycles. The number of nitrogens with one attached hydrogen (secondary N) is 1. The first-order valence-corrected chi connectivity index (χ1v) is 7.39. The third-order valence-electron chi connectivity index (χ3n) is 3.80. The highest BCUT2D eigenvalue weighted by atomic mass is 35.5. The summed E-state index contributed by atoms with van der Waals surface area (Å²) in [5, 5.41) is 12.0. The number of rotatable bonds is 5. The van der Waals surface area contributed by atoms with Gasteiger partial charge in [-0.05, 0) is 38.0 Å². The van der Waals surface area contributed by atoms with Gasteiger partial charge in [0.05, 0.1) is 5.02 Å². The fourth-order valence-electron chi connectivity index (χ4n) is 2.52. The van der Waals surface area contributed by atoms with Crippen LogP contribution in [0.15, 0.2) is 18.2 Å². The minimum absolute atomic E-state index is 0.0495. The molecule has 0 radical (unpaired) electrons. The van der Waals surface area contributed by atoms with Crippen LogP contribution in [0.3, 0.4) is 0 Å². The van der Waals surface area contributed by atoms with Gasteiger partial charge in [-0.3, -0.25) is 4.79 Å². The van der Waals surface area contributed by atoms with Gasteiger partial charge in [0.15, 0.2) is 6.10 Å². The van der Waals surface area contributed by atoms with E-state index < -0.39 is 29.3 Å². The van der Waals surface area contributed by atoms with Crippen LogP contribution in [0.5, 0.6) is 5.75 Å². The Balaban J connectivity index is 2.04. The number of hydrogen-bond donors (Lipinski definition) is 2. The SMILES string of the molecule is CC(Oc1ccc(F)cc1Cl)C(=O)NC1(C(=O)O)CCCC1. The number of carboxylic acids is 1. The average Bonchev–Trinajstić information content (AvgIpc) is 2.91. The lowest BCUT2D eigenvalue weighted by molar-refractivity contribution is -0.148. The number of halogens is 2. The van der Waals surface area contributed by atoms with Crippen molar-refractivity contribution in [3.8, 4) is 5.75 Å². The Kier molecular flexibility index (Phi) is 4.90. The highest BCUT2D eigenvalue weighted by Crippen LogP contribution is 2.30. The second-order valence-electron chi connectivity index (χ2n) is 5.42. The molecule has 2 N–H and O–H groups in total. The summed E-state index contributed by atoms with van der Waals surface area (Å²) >= 11 is 5.84. The first kappa shape index (κ1) is 16.5. The van der Waals surface area contributed by atoms with Crippen molar-refractivity contribution >= 4 is 23.5 Å². The van der Waals surface area contributed by atoms with E-state index in [4.69, 9.17) is 16.3 Å². The number of benzene rings is 1. The Bertz CT molecular complexity index is 587. The van der Waals surface area contributed by atoms with E-state index in [1.807, 2.05) is 0 Å². The lowest BCUT2D eigenvalue weighted by atomic mass is 9.97. The number of carboxylic acid groups (broad SMARTS) is 1. The summed E-state index contributed by atoms with van der Waals surface area (Å²) in [4.78, 5) is 23.6. The quantitative estimate of drug-likeness (QED) is 0.871. The Labute approximate surface area is 132 Å². The lowest BCUT2D eigenvalue weighted by Crippen LogP contribution is -2.55. The van der Waals surface area contributed by atoms with Crippen molar-refractivity contribution < 1.29 is 23.8 Å². The Morgan fingerprint density at radius 2 is 2.05 bits per heavy atom. The summed E-state index contributed by atoms with van der Waals surface area (Å²) in [5.74, 6) is -1.91. The van der Waals surface area contributed by atoms with E-state index in [0.717, 1.165) is 18.9 Å². The minimum atomic E-state index is -1.22. The van der Waals surface area contributed by atoms with Crippen LogP contribution in [-0.4, -0.2) is 28.6 Å². The molecule has 2 rings (SSSR count). The summed E-state index contributed by atoms with van der Waals surface area (Å²) in [6.07, 6.45) is 1.37. The molecule has 0 bridgehead atoms. The van der Waals surface area contributed by atoms with E-state index in [1.165, 1.54) is 19.1 Å². The Hall–Kier alpha value is -1.82. The maximum atomic E-state index is 13.0. The van der Waals surface area contributed by atoms with Crippen molar-refractivity contribution in [3.05, 3.63) is 29.0 Å². The first-order chi connectivity index (χ1) is 10.3.